The van der Waals surface area contributed by atoms with Crippen molar-refractivity contribution in [3.05, 3.63) is 70.3 Å². The van der Waals surface area contributed by atoms with Gasteiger partial charge < -0.3 is 0 Å². The Hall–Kier alpha value is -1.41. The summed E-state index contributed by atoms with van der Waals surface area (Å²) in [5, 5.41) is -0.364. The molecule has 2 rings (SSSR count). The van der Waals surface area contributed by atoms with Gasteiger partial charge in [-0.1, -0.05) is 24.3 Å². The van der Waals surface area contributed by atoms with Gasteiger partial charge in [0.2, 0.25) is 0 Å². The van der Waals surface area contributed by atoms with Crippen molar-refractivity contribution in [2.24, 2.45) is 0 Å². The Morgan fingerprint density at radius 3 is 2.32 bits per heavy atom. The molecule has 0 aliphatic carbocycles. The van der Waals surface area contributed by atoms with Crippen LogP contribution in [0.4, 0.5) is 8.78 Å². The van der Waals surface area contributed by atoms with E-state index >= 15 is 0 Å². The SMILES string of the molecule is Cc1ccc(CC(Cl)c2ccc(F)c(F)c2)cc1C. The molecule has 0 spiro atoms. The Morgan fingerprint density at radius 2 is 1.68 bits per heavy atom. The summed E-state index contributed by atoms with van der Waals surface area (Å²) < 4.78 is 26.0. The molecule has 3 heteroatoms. The topological polar surface area (TPSA) is 0 Å². The fourth-order valence-electron chi connectivity index (χ4n) is 1.96. The van der Waals surface area contributed by atoms with Crippen LogP contribution in [0.15, 0.2) is 36.4 Å². The molecule has 1 unspecified atom stereocenters. The van der Waals surface area contributed by atoms with E-state index in [2.05, 4.69) is 6.07 Å². The van der Waals surface area contributed by atoms with Crippen molar-refractivity contribution in [2.75, 3.05) is 0 Å². The molecule has 2 aromatic rings. The molecule has 0 fully saturated rings. The van der Waals surface area contributed by atoms with Gasteiger partial charge in [-0.05, 0) is 54.7 Å². The van der Waals surface area contributed by atoms with Gasteiger partial charge >= 0.3 is 0 Å². The zero-order chi connectivity index (χ0) is 14.0. The van der Waals surface area contributed by atoms with Crippen molar-refractivity contribution in [2.45, 2.75) is 25.6 Å². The maximum absolute atomic E-state index is 13.2. The van der Waals surface area contributed by atoms with E-state index in [0.29, 0.717) is 12.0 Å². The zero-order valence-electron chi connectivity index (χ0n) is 10.9. The minimum Gasteiger partial charge on any atom is -0.204 e. The molecule has 0 aliphatic heterocycles. The second-order valence-electron chi connectivity index (χ2n) is 4.76. The number of alkyl halides is 1. The van der Waals surface area contributed by atoms with Gasteiger partial charge in [0.15, 0.2) is 11.6 Å². The maximum Gasteiger partial charge on any atom is 0.159 e. The third-order valence-electron chi connectivity index (χ3n) is 3.29. The van der Waals surface area contributed by atoms with Crippen LogP contribution in [-0.4, -0.2) is 0 Å². The van der Waals surface area contributed by atoms with Crippen molar-refractivity contribution < 1.29 is 8.78 Å². The fraction of sp³-hybridized carbons (Fsp3) is 0.250. The molecule has 0 bridgehead atoms. The third kappa shape index (κ3) is 3.32. The highest BCUT2D eigenvalue weighted by molar-refractivity contribution is 6.20. The number of rotatable bonds is 3. The van der Waals surface area contributed by atoms with E-state index in [4.69, 9.17) is 11.6 Å². The highest BCUT2D eigenvalue weighted by Crippen LogP contribution is 2.27. The van der Waals surface area contributed by atoms with Crippen LogP contribution in [0.2, 0.25) is 0 Å². The van der Waals surface area contributed by atoms with E-state index in [1.165, 1.54) is 17.2 Å². The van der Waals surface area contributed by atoms with Crippen LogP contribution in [0.1, 0.15) is 27.6 Å². The lowest BCUT2D eigenvalue weighted by Crippen LogP contribution is -1.98. The Kier molecular flexibility index (Phi) is 4.20. The van der Waals surface area contributed by atoms with Crippen LogP contribution in [0.5, 0.6) is 0 Å². The number of hydrogen-bond acceptors (Lipinski definition) is 0. The molecule has 0 nitrogen and oxygen atoms in total. The molecule has 0 N–H and O–H groups in total. The van der Waals surface area contributed by atoms with Crippen LogP contribution in [0.25, 0.3) is 0 Å². The summed E-state index contributed by atoms with van der Waals surface area (Å²) in [5.41, 5.74) is 4.11. The summed E-state index contributed by atoms with van der Waals surface area (Å²) in [4.78, 5) is 0. The largest absolute Gasteiger partial charge is 0.204 e. The predicted octanol–water partition coefficient (Wildman–Crippen LogP) is 5.10. The molecule has 0 saturated heterocycles. The maximum atomic E-state index is 13.2. The molecular weight excluding hydrogens is 266 g/mol. The molecule has 0 heterocycles. The summed E-state index contributed by atoms with van der Waals surface area (Å²) in [6.45, 7) is 4.09. The average Bonchev–Trinajstić information content (AvgIpc) is 2.37. The Bertz CT molecular complexity index is 593. The van der Waals surface area contributed by atoms with Crippen LogP contribution >= 0.6 is 11.6 Å². The lowest BCUT2D eigenvalue weighted by atomic mass is 10.00. The smallest absolute Gasteiger partial charge is 0.159 e. The van der Waals surface area contributed by atoms with Crippen LogP contribution in [-0.2, 0) is 6.42 Å². The van der Waals surface area contributed by atoms with Crippen molar-refractivity contribution in [1.29, 1.82) is 0 Å². The first-order valence-corrected chi connectivity index (χ1v) is 6.56. The predicted molar refractivity (Wildman–Crippen MR) is 74.6 cm³/mol. The monoisotopic (exact) mass is 280 g/mol. The number of benzene rings is 2. The lowest BCUT2D eigenvalue weighted by Gasteiger charge is -2.11. The van der Waals surface area contributed by atoms with Crippen molar-refractivity contribution in [3.8, 4) is 0 Å². The zero-order valence-corrected chi connectivity index (χ0v) is 11.6. The van der Waals surface area contributed by atoms with Gasteiger partial charge in [-0.2, -0.15) is 0 Å². The molecule has 0 amide bonds. The third-order valence-corrected chi connectivity index (χ3v) is 3.70. The molecule has 1 atom stereocenters. The molecule has 0 saturated carbocycles. The fourth-order valence-corrected chi connectivity index (χ4v) is 2.28. The number of halogens is 3. The van der Waals surface area contributed by atoms with Crippen molar-refractivity contribution in [3.63, 3.8) is 0 Å². The average molecular weight is 281 g/mol. The van der Waals surface area contributed by atoms with E-state index in [1.807, 2.05) is 26.0 Å². The van der Waals surface area contributed by atoms with Crippen molar-refractivity contribution in [1.82, 2.24) is 0 Å². The molecule has 2 aromatic carbocycles. The van der Waals surface area contributed by atoms with E-state index < -0.39 is 11.6 Å². The number of hydrogen-bond donors (Lipinski definition) is 0. The molecular formula is C16H15ClF2. The summed E-state index contributed by atoms with van der Waals surface area (Å²) in [5.74, 6) is -1.71. The van der Waals surface area contributed by atoms with Gasteiger partial charge in [0.05, 0.1) is 5.38 Å². The number of aryl methyl sites for hydroxylation is 2. The summed E-state index contributed by atoms with van der Waals surface area (Å²) in [6, 6.07) is 9.92. The van der Waals surface area contributed by atoms with E-state index in [1.54, 1.807) is 0 Å². The summed E-state index contributed by atoms with van der Waals surface area (Å²) in [6.07, 6.45) is 0.591. The Balaban J connectivity index is 2.17. The second-order valence-corrected chi connectivity index (χ2v) is 5.29. The minimum absolute atomic E-state index is 0.364. The first-order valence-electron chi connectivity index (χ1n) is 6.12. The first kappa shape index (κ1) is 14.0. The minimum atomic E-state index is -0.858. The molecule has 0 radical (unpaired) electrons. The summed E-state index contributed by atoms with van der Waals surface area (Å²) >= 11 is 6.27. The van der Waals surface area contributed by atoms with Gasteiger partial charge in [-0.25, -0.2) is 8.78 Å². The first-order chi connectivity index (χ1) is 8.97. The standard InChI is InChI=1S/C16H15ClF2/c1-10-3-4-12(7-11(10)2)8-14(17)13-5-6-15(18)16(19)9-13/h3-7,9,14H,8H2,1-2H3. The molecule has 0 aromatic heterocycles. The quantitative estimate of drug-likeness (QED) is 0.686. The Morgan fingerprint density at radius 1 is 0.947 bits per heavy atom. The second kappa shape index (κ2) is 5.70. The van der Waals surface area contributed by atoms with E-state index in [-0.39, 0.29) is 5.38 Å². The molecule has 19 heavy (non-hydrogen) atoms. The summed E-state index contributed by atoms with van der Waals surface area (Å²) in [7, 11) is 0. The van der Waals surface area contributed by atoms with Crippen LogP contribution in [0.3, 0.4) is 0 Å². The molecule has 0 aliphatic rings. The Labute approximate surface area is 117 Å². The highest BCUT2D eigenvalue weighted by atomic mass is 35.5. The van der Waals surface area contributed by atoms with E-state index in [9.17, 15) is 8.78 Å². The lowest BCUT2D eigenvalue weighted by molar-refractivity contribution is 0.507. The highest BCUT2D eigenvalue weighted by Gasteiger charge is 2.12. The van der Waals surface area contributed by atoms with Crippen molar-refractivity contribution >= 4 is 11.6 Å². The van der Waals surface area contributed by atoms with Crippen LogP contribution < -0.4 is 0 Å². The van der Waals surface area contributed by atoms with Gasteiger partial charge in [-0.3, -0.25) is 0 Å². The van der Waals surface area contributed by atoms with Crippen LogP contribution in [0, 0.1) is 25.5 Å². The van der Waals surface area contributed by atoms with Gasteiger partial charge in [0.25, 0.3) is 0 Å². The van der Waals surface area contributed by atoms with Gasteiger partial charge in [0, 0.05) is 0 Å². The van der Waals surface area contributed by atoms with Gasteiger partial charge in [0.1, 0.15) is 0 Å². The molecule has 100 valence electrons. The van der Waals surface area contributed by atoms with E-state index in [0.717, 1.165) is 17.7 Å². The normalized spacial score (nSPS) is 12.5. The van der Waals surface area contributed by atoms with Gasteiger partial charge in [-0.15, -0.1) is 11.6 Å².